The van der Waals surface area contributed by atoms with Crippen LogP contribution in [0.25, 0.3) is 0 Å². The number of aliphatic hydroxyl groups is 1. The summed E-state index contributed by atoms with van der Waals surface area (Å²) in [4.78, 5) is 12.6. The third-order valence-corrected chi connectivity index (χ3v) is 4.49. The van der Waals surface area contributed by atoms with Crippen LogP contribution in [-0.2, 0) is 0 Å². The van der Waals surface area contributed by atoms with Crippen LogP contribution >= 0.6 is 0 Å². The lowest BCUT2D eigenvalue weighted by Gasteiger charge is -2.38. The summed E-state index contributed by atoms with van der Waals surface area (Å²) in [6, 6.07) is 6.24. The van der Waals surface area contributed by atoms with Gasteiger partial charge in [-0.05, 0) is 38.3 Å². The van der Waals surface area contributed by atoms with Crippen molar-refractivity contribution in [1.29, 1.82) is 0 Å². The predicted molar refractivity (Wildman–Crippen MR) is 77.7 cm³/mol. The quantitative estimate of drug-likeness (QED) is 0.861. The Kier molecular flexibility index (Phi) is 3.71. The van der Waals surface area contributed by atoms with Gasteiger partial charge in [-0.15, -0.1) is 0 Å². The summed E-state index contributed by atoms with van der Waals surface area (Å²) in [7, 11) is 0. The summed E-state index contributed by atoms with van der Waals surface area (Å²) in [5.74, 6) is -2.11. The van der Waals surface area contributed by atoms with E-state index in [9.17, 15) is 23.1 Å². The molecule has 1 N–H and O–H groups in total. The lowest BCUT2D eigenvalue weighted by molar-refractivity contribution is -0.312. The summed E-state index contributed by atoms with van der Waals surface area (Å²) in [5, 5.41) is 14.6. The van der Waals surface area contributed by atoms with Gasteiger partial charge in [0.05, 0.1) is 5.92 Å². The molecule has 3 rings (SSSR count). The number of hydrazone groups is 1. The molecule has 1 amide bonds. The number of hydrogen-bond donors (Lipinski definition) is 1. The number of halogens is 3. The van der Waals surface area contributed by atoms with Gasteiger partial charge in [0, 0.05) is 11.3 Å². The maximum atomic E-state index is 13.6. The number of amides is 1. The van der Waals surface area contributed by atoms with Crippen LogP contribution in [0.5, 0.6) is 0 Å². The van der Waals surface area contributed by atoms with Gasteiger partial charge in [0.15, 0.2) is 0 Å². The molecule has 1 aromatic carbocycles. The minimum absolute atomic E-state index is 0.0793. The molecule has 1 fully saturated rings. The van der Waals surface area contributed by atoms with E-state index in [0.717, 1.165) is 12.0 Å². The Balaban J connectivity index is 2.05. The molecule has 124 valence electrons. The summed E-state index contributed by atoms with van der Waals surface area (Å²) in [6.07, 6.45) is -3.13. The first-order valence-electron chi connectivity index (χ1n) is 7.53. The highest BCUT2D eigenvalue weighted by molar-refractivity contribution is 5.99. The van der Waals surface area contributed by atoms with Gasteiger partial charge in [-0.1, -0.05) is 24.1 Å². The standard InChI is InChI=1S/C16H17F3N2O2/c1-10-5-4-6-11(9-10)14(22)21-15(23,16(17,18)19)12-7-2-3-8-13(12)20-21/h4-6,9,12,23H,2-3,7-8H2,1H3/t12-,15+/m0/s1. The van der Waals surface area contributed by atoms with Crippen LogP contribution < -0.4 is 0 Å². The first kappa shape index (κ1) is 16.0. The largest absolute Gasteiger partial charge is 0.439 e. The second-order valence-corrected chi connectivity index (χ2v) is 6.10. The Morgan fingerprint density at radius 2 is 2.13 bits per heavy atom. The zero-order chi connectivity index (χ0) is 16.8. The third-order valence-electron chi connectivity index (χ3n) is 4.49. The Bertz CT molecular complexity index is 672. The van der Waals surface area contributed by atoms with E-state index in [0.29, 0.717) is 12.8 Å². The Morgan fingerprint density at radius 1 is 1.39 bits per heavy atom. The minimum atomic E-state index is -4.97. The van der Waals surface area contributed by atoms with Crippen molar-refractivity contribution in [1.82, 2.24) is 5.01 Å². The normalized spacial score (nSPS) is 27.6. The second-order valence-electron chi connectivity index (χ2n) is 6.10. The first-order valence-corrected chi connectivity index (χ1v) is 7.53. The molecule has 1 aliphatic carbocycles. The fraction of sp³-hybridized carbons (Fsp3) is 0.500. The zero-order valence-electron chi connectivity index (χ0n) is 12.6. The molecule has 1 saturated carbocycles. The third kappa shape index (κ3) is 2.43. The van der Waals surface area contributed by atoms with Crippen LogP contribution in [-0.4, -0.2) is 33.6 Å². The molecule has 2 atom stereocenters. The lowest BCUT2D eigenvalue weighted by Crippen LogP contribution is -2.61. The first-order chi connectivity index (χ1) is 10.7. The van der Waals surface area contributed by atoms with Gasteiger partial charge in [0.1, 0.15) is 0 Å². The monoisotopic (exact) mass is 326 g/mol. The van der Waals surface area contributed by atoms with Crippen LogP contribution in [0.2, 0.25) is 0 Å². The number of alkyl halides is 3. The van der Waals surface area contributed by atoms with Gasteiger partial charge >= 0.3 is 6.18 Å². The molecule has 0 bridgehead atoms. The van der Waals surface area contributed by atoms with Crippen molar-refractivity contribution in [2.75, 3.05) is 0 Å². The van der Waals surface area contributed by atoms with Gasteiger partial charge in [-0.3, -0.25) is 4.79 Å². The van der Waals surface area contributed by atoms with Gasteiger partial charge in [0.2, 0.25) is 0 Å². The van der Waals surface area contributed by atoms with Crippen molar-refractivity contribution in [2.24, 2.45) is 11.0 Å². The Labute approximate surface area is 131 Å². The van der Waals surface area contributed by atoms with Gasteiger partial charge < -0.3 is 5.11 Å². The number of carbonyl (C=O) groups excluding carboxylic acids is 1. The topological polar surface area (TPSA) is 52.9 Å². The van der Waals surface area contributed by atoms with Crippen molar-refractivity contribution < 1.29 is 23.1 Å². The molecule has 0 unspecified atom stereocenters. The van der Waals surface area contributed by atoms with Crippen molar-refractivity contribution in [3.8, 4) is 0 Å². The van der Waals surface area contributed by atoms with Crippen molar-refractivity contribution in [3.63, 3.8) is 0 Å². The van der Waals surface area contributed by atoms with E-state index in [1.807, 2.05) is 0 Å². The van der Waals surface area contributed by atoms with E-state index in [4.69, 9.17) is 0 Å². The number of hydrogen-bond acceptors (Lipinski definition) is 3. The highest BCUT2D eigenvalue weighted by Crippen LogP contribution is 2.48. The SMILES string of the molecule is Cc1cccc(C(=O)N2N=C3CCCC[C@@H]3[C@@]2(O)C(F)(F)F)c1. The maximum Gasteiger partial charge on any atom is 0.439 e. The van der Waals surface area contributed by atoms with E-state index in [1.165, 1.54) is 12.1 Å². The second kappa shape index (κ2) is 5.33. The molecule has 23 heavy (non-hydrogen) atoms. The average molecular weight is 326 g/mol. The summed E-state index contributed by atoms with van der Waals surface area (Å²) < 4.78 is 40.8. The maximum absolute atomic E-state index is 13.6. The zero-order valence-corrected chi connectivity index (χ0v) is 12.6. The van der Waals surface area contributed by atoms with E-state index >= 15 is 0 Å². The average Bonchev–Trinajstić information content (AvgIpc) is 2.81. The van der Waals surface area contributed by atoms with E-state index in [1.54, 1.807) is 19.1 Å². The van der Waals surface area contributed by atoms with Crippen molar-refractivity contribution in [3.05, 3.63) is 35.4 Å². The number of nitrogens with zero attached hydrogens (tertiary/aromatic N) is 2. The molecule has 0 radical (unpaired) electrons. The molecule has 2 aliphatic rings. The van der Waals surface area contributed by atoms with Crippen LogP contribution in [0.4, 0.5) is 13.2 Å². The molecule has 1 aromatic rings. The van der Waals surface area contributed by atoms with Gasteiger partial charge in [-0.25, -0.2) is 0 Å². The van der Waals surface area contributed by atoms with Gasteiger partial charge in [0.25, 0.3) is 11.6 Å². The van der Waals surface area contributed by atoms with Crippen LogP contribution in [0.3, 0.4) is 0 Å². The number of rotatable bonds is 1. The fourth-order valence-corrected chi connectivity index (χ4v) is 3.32. The molecule has 1 aliphatic heterocycles. The van der Waals surface area contributed by atoms with E-state index in [-0.39, 0.29) is 22.7 Å². The summed E-state index contributed by atoms with van der Waals surface area (Å²) >= 11 is 0. The molecular weight excluding hydrogens is 309 g/mol. The number of carbonyl (C=O) groups is 1. The van der Waals surface area contributed by atoms with Crippen LogP contribution in [0.1, 0.15) is 41.6 Å². The smallest absolute Gasteiger partial charge is 0.362 e. The summed E-state index contributed by atoms with van der Waals surface area (Å²) in [5.41, 5.74) is -2.17. The molecular formula is C16H17F3N2O2. The molecule has 0 saturated heterocycles. The molecule has 0 aromatic heterocycles. The lowest BCUT2D eigenvalue weighted by atomic mass is 9.80. The van der Waals surface area contributed by atoms with Crippen molar-refractivity contribution in [2.45, 2.75) is 44.5 Å². The predicted octanol–water partition coefficient (Wildman–Crippen LogP) is 3.25. The van der Waals surface area contributed by atoms with E-state index in [2.05, 4.69) is 5.10 Å². The van der Waals surface area contributed by atoms with Gasteiger partial charge in [-0.2, -0.15) is 23.3 Å². The molecule has 0 spiro atoms. The number of benzene rings is 1. The fourth-order valence-electron chi connectivity index (χ4n) is 3.32. The molecule has 1 heterocycles. The highest BCUT2D eigenvalue weighted by atomic mass is 19.4. The van der Waals surface area contributed by atoms with Crippen molar-refractivity contribution >= 4 is 11.6 Å². The Hall–Kier alpha value is -1.89. The molecule has 4 nitrogen and oxygen atoms in total. The number of fused-ring (bicyclic) bond motifs is 1. The van der Waals surface area contributed by atoms with Crippen LogP contribution in [0, 0.1) is 12.8 Å². The Morgan fingerprint density at radius 3 is 2.78 bits per heavy atom. The molecule has 7 heteroatoms. The minimum Gasteiger partial charge on any atom is -0.362 e. The number of aryl methyl sites for hydroxylation is 1. The van der Waals surface area contributed by atoms with Crippen LogP contribution in [0.15, 0.2) is 29.4 Å². The van der Waals surface area contributed by atoms with E-state index < -0.39 is 23.7 Å². The highest BCUT2D eigenvalue weighted by Gasteiger charge is 2.68. The summed E-state index contributed by atoms with van der Waals surface area (Å²) in [6.45, 7) is 1.74.